The Morgan fingerprint density at radius 1 is 0.297 bits per heavy atom. The summed E-state index contributed by atoms with van der Waals surface area (Å²) in [5.41, 5.74) is 11.4. The fourth-order valence-electron chi connectivity index (χ4n) is 10.7. The Bertz CT molecular complexity index is 3660. The summed E-state index contributed by atoms with van der Waals surface area (Å²) >= 11 is 0. The van der Waals surface area contributed by atoms with Crippen molar-refractivity contribution in [1.29, 1.82) is 0 Å². The molecule has 0 aliphatic heterocycles. The summed E-state index contributed by atoms with van der Waals surface area (Å²) in [6.07, 6.45) is 1.72. The fraction of sp³-hybridized carbons (Fsp3) is 0.0588. The van der Waals surface area contributed by atoms with E-state index in [9.17, 15) is 0 Å². The Labute approximate surface area is 428 Å². The zero-order valence-corrected chi connectivity index (χ0v) is 40.8. The summed E-state index contributed by atoms with van der Waals surface area (Å²) in [4.78, 5) is 4.39. The highest BCUT2D eigenvalue weighted by atomic mass is 19.1. The first-order chi connectivity index (χ1) is 36.2. The van der Waals surface area contributed by atoms with Gasteiger partial charge in [0.05, 0.1) is 11.4 Å². The topological polar surface area (TPSA) is 6.48 Å². The van der Waals surface area contributed by atoms with Crippen molar-refractivity contribution in [3.63, 3.8) is 0 Å². The van der Waals surface area contributed by atoms with E-state index in [1.54, 1.807) is 48.5 Å². The van der Waals surface area contributed by atoms with E-state index in [-0.39, 0.29) is 23.3 Å². The van der Waals surface area contributed by atoms with Gasteiger partial charge in [0.2, 0.25) is 0 Å². The molecule has 0 saturated carbocycles. The van der Waals surface area contributed by atoms with Gasteiger partial charge in [0, 0.05) is 55.8 Å². The summed E-state index contributed by atoms with van der Waals surface area (Å²) in [6.45, 7) is 4.26. The average molecular weight is 969 g/mol. The van der Waals surface area contributed by atoms with E-state index in [1.807, 2.05) is 60.7 Å². The summed E-state index contributed by atoms with van der Waals surface area (Å²) in [5.74, 6) is -1.50. The van der Waals surface area contributed by atoms with E-state index >= 15 is 17.6 Å². The maximum Gasteiger partial charge on any atom is 0.131 e. The van der Waals surface area contributed by atoms with Crippen LogP contribution in [0.5, 0.6) is 0 Å². The Hall–Kier alpha value is -9.00. The van der Waals surface area contributed by atoms with E-state index in [2.05, 4.69) is 121 Å². The molecular formula is C68H48F4N2. The van der Waals surface area contributed by atoms with Crippen LogP contribution in [-0.4, -0.2) is 0 Å². The maximum absolute atomic E-state index is 15.8. The van der Waals surface area contributed by atoms with Gasteiger partial charge in [-0.2, -0.15) is 0 Å². The molecule has 0 radical (unpaired) electrons. The standard InChI is InChI=1S/C68H48F4N2/c1-3-43-21-29-51(30-22-43)73(53-39-47(55-13-5-9-17-61(55)69)37-48(40-53)56-14-6-10-18-62(56)70)65-35-27-45-26-34-60-66(36-28-46-25-33-59(65)67(45)68(46)60)74(52-31-23-44(4-2)24-32-52)54-41-49(57-15-7-11-19-63(57)71)38-50(42-54)58-16-8-12-20-64(58)72/h5-42H,3-4H2,1-2H3. The van der Waals surface area contributed by atoms with Crippen molar-refractivity contribution in [3.8, 4) is 44.5 Å². The van der Waals surface area contributed by atoms with Gasteiger partial charge in [-0.1, -0.05) is 147 Å². The van der Waals surface area contributed by atoms with Crippen LogP contribution in [0.1, 0.15) is 25.0 Å². The highest BCUT2D eigenvalue weighted by molar-refractivity contribution is 6.28. The van der Waals surface area contributed by atoms with Gasteiger partial charge < -0.3 is 9.80 Å². The van der Waals surface area contributed by atoms with E-state index in [0.717, 1.165) is 79.3 Å². The molecule has 0 spiro atoms. The number of halogens is 4. The molecule has 6 heteroatoms. The molecule has 0 unspecified atom stereocenters. The molecule has 0 heterocycles. The van der Waals surface area contributed by atoms with Crippen LogP contribution < -0.4 is 9.80 Å². The van der Waals surface area contributed by atoms with Crippen molar-refractivity contribution in [3.05, 3.63) is 265 Å². The van der Waals surface area contributed by atoms with Gasteiger partial charge in [-0.3, -0.25) is 0 Å². The number of nitrogens with zero attached hydrogens (tertiary/aromatic N) is 2. The quantitative estimate of drug-likeness (QED) is 0.0889. The molecule has 0 saturated heterocycles. The van der Waals surface area contributed by atoms with Gasteiger partial charge in [0.1, 0.15) is 23.3 Å². The number of hydrogen-bond donors (Lipinski definition) is 0. The van der Waals surface area contributed by atoms with Crippen molar-refractivity contribution >= 4 is 66.4 Å². The second kappa shape index (κ2) is 19.2. The molecule has 0 fully saturated rings. The predicted octanol–water partition coefficient (Wildman–Crippen LogP) is 19.9. The highest BCUT2D eigenvalue weighted by Gasteiger charge is 2.25. The molecule has 0 atom stereocenters. The fourth-order valence-corrected chi connectivity index (χ4v) is 10.7. The van der Waals surface area contributed by atoms with E-state index < -0.39 is 0 Å². The van der Waals surface area contributed by atoms with Gasteiger partial charge in [-0.05, 0) is 165 Å². The third-order valence-electron chi connectivity index (χ3n) is 14.4. The summed E-state index contributed by atoms with van der Waals surface area (Å²) in [7, 11) is 0. The molecule has 0 bridgehead atoms. The second-order valence-electron chi connectivity index (χ2n) is 18.8. The number of rotatable bonds is 12. The van der Waals surface area contributed by atoms with Crippen LogP contribution in [-0.2, 0) is 12.8 Å². The Morgan fingerprint density at radius 2 is 0.595 bits per heavy atom. The van der Waals surface area contributed by atoms with E-state index in [0.29, 0.717) is 44.5 Å². The first-order valence-electron chi connectivity index (χ1n) is 25.0. The zero-order chi connectivity index (χ0) is 50.5. The number of aryl methyl sites for hydroxylation is 2. The van der Waals surface area contributed by atoms with Crippen molar-refractivity contribution in [2.24, 2.45) is 0 Å². The molecule has 0 aliphatic carbocycles. The molecule has 0 amide bonds. The predicted molar refractivity (Wildman–Crippen MR) is 300 cm³/mol. The van der Waals surface area contributed by atoms with Crippen molar-refractivity contribution in [2.75, 3.05) is 9.80 Å². The van der Waals surface area contributed by atoms with Crippen LogP contribution in [0.4, 0.5) is 51.7 Å². The SMILES string of the molecule is CCc1ccc(N(c2cc(-c3ccccc3F)cc(-c3ccccc3F)c2)c2ccc3ccc4c(N(c5ccc(CC)cc5)c5cc(-c6ccccc6F)cc(-c6ccccc6F)c5)ccc5ccc2c3c54)cc1. The number of hydrogen-bond acceptors (Lipinski definition) is 2. The third-order valence-corrected chi connectivity index (χ3v) is 14.4. The Balaban J connectivity index is 1.12. The Kier molecular flexibility index (Phi) is 12.0. The van der Waals surface area contributed by atoms with Gasteiger partial charge in [0.15, 0.2) is 0 Å². The number of benzene rings is 12. The minimum atomic E-state index is -0.376. The van der Waals surface area contributed by atoms with Crippen LogP contribution in [0.3, 0.4) is 0 Å². The molecule has 12 aromatic rings. The first kappa shape index (κ1) is 46.1. The normalized spacial score (nSPS) is 11.5. The lowest BCUT2D eigenvalue weighted by Gasteiger charge is -2.30. The largest absolute Gasteiger partial charge is 0.310 e. The molecule has 358 valence electrons. The summed E-state index contributed by atoms with van der Waals surface area (Å²) < 4.78 is 63.3. The molecule has 2 nitrogen and oxygen atoms in total. The summed E-state index contributed by atoms with van der Waals surface area (Å²) in [5, 5.41) is 6.11. The van der Waals surface area contributed by atoms with Crippen molar-refractivity contribution in [2.45, 2.75) is 26.7 Å². The van der Waals surface area contributed by atoms with Gasteiger partial charge >= 0.3 is 0 Å². The van der Waals surface area contributed by atoms with Crippen molar-refractivity contribution in [1.82, 2.24) is 0 Å². The van der Waals surface area contributed by atoms with Crippen LogP contribution in [0.15, 0.2) is 231 Å². The molecule has 0 aromatic heterocycles. The summed E-state index contributed by atoms with van der Waals surface area (Å²) in [6, 6.07) is 72.6. The van der Waals surface area contributed by atoms with Crippen molar-refractivity contribution < 1.29 is 17.6 Å². The smallest absolute Gasteiger partial charge is 0.131 e. The van der Waals surface area contributed by atoms with Crippen LogP contribution >= 0.6 is 0 Å². The lowest BCUT2D eigenvalue weighted by molar-refractivity contribution is 0.630. The molecular weight excluding hydrogens is 921 g/mol. The van der Waals surface area contributed by atoms with Gasteiger partial charge in [0.25, 0.3) is 0 Å². The lowest BCUT2D eigenvalue weighted by atomic mass is 9.91. The molecule has 0 aliphatic rings. The van der Waals surface area contributed by atoms with E-state index in [1.165, 1.54) is 35.4 Å². The van der Waals surface area contributed by atoms with Gasteiger partial charge in [-0.15, -0.1) is 0 Å². The number of anilines is 6. The highest BCUT2D eigenvalue weighted by Crippen LogP contribution is 2.49. The zero-order valence-electron chi connectivity index (χ0n) is 40.8. The molecule has 0 N–H and O–H groups in total. The average Bonchev–Trinajstić information content (AvgIpc) is 3.46. The molecule has 12 rings (SSSR count). The second-order valence-corrected chi connectivity index (χ2v) is 18.8. The lowest BCUT2D eigenvalue weighted by Crippen LogP contribution is -2.12. The Morgan fingerprint density at radius 3 is 0.892 bits per heavy atom. The first-order valence-corrected chi connectivity index (χ1v) is 25.0. The maximum atomic E-state index is 15.8. The van der Waals surface area contributed by atoms with Crippen LogP contribution in [0.25, 0.3) is 76.8 Å². The molecule has 12 aromatic carbocycles. The minimum absolute atomic E-state index is 0.376. The van der Waals surface area contributed by atoms with Gasteiger partial charge in [-0.25, -0.2) is 17.6 Å². The van der Waals surface area contributed by atoms with E-state index in [4.69, 9.17) is 0 Å². The van der Waals surface area contributed by atoms with Crippen LogP contribution in [0, 0.1) is 23.3 Å². The third kappa shape index (κ3) is 8.28. The van der Waals surface area contributed by atoms with Crippen LogP contribution in [0.2, 0.25) is 0 Å². The molecule has 74 heavy (non-hydrogen) atoms. The minimum Gasteiger partial charge on any atom is -0.310 e. The monoisotopic (exact) mass is 968 g/mol.